The number of anilines is 1. The van der Waals surface area contributed by atoms with Gasteiger partial charge in [-0.05, 0) is 24.1 Å². The van der Waals surface area contributed by atoms with Gasteiger partial charge in [0.25, 0.3) is 11.8 Å². The molecule has 1 atom stereocenters. The van der Waals surface area contributed by atoms with Gasteiger partial charge in [-0.15, -0.1) is 5.10 Å². The predicted octanol–water partition coefficient (Wildman–Crippen LogP) is 0.827. The number of hydrogen-bond donors (Lipinski definition) is 1. The van der Waals surface area contributed by atoms with Crippen molar-refractivity contribution >= 4 is 17.6 Å². The van der Waals surface area contributed by atoms with Gasteiger partial charge in [-0.25, -0.2) is 18.7 Å². The quantitative estimate of drug-likeness (QED) is 0.720. The molecule has 3 aromatic rings. The van der Waals surface area contributed by atoms with Gasteiger partial charge >= 0.3 is 0 Å². The van der Waals surface area contributed by atoms with E-state index in [-0.39, 0.29) is 17.5 Å². The van der Waals surface area contributed by atoms with Crippen molar-refractivity contribution in [2.24, 2.45) is 0 Å². The standard InChI is InChI=1S/C18H18FN7O2/c1-24-15-6-8-21-26(15)9-7-14(18(24)28)22-17(27)16-20-11-25(23-16)10-12-2-4-13(19)5-3-12/h2-6,8,11,14H,7,9-10H2,1H3,(H,22,27). The summed E-state index contributed by atoms with van der Waals surface area (Å²) in [5.41, 5.74) is 0.827. The molecule has 28 heavy (non-hydrogen) atoms. The molecule has 144 valence electrons. The lowest BCUT2D eigenvalue weighted by atomic mass is 10.2. The van der Waals surface area contributed by atoms with Crippen molar-refractivity contribution in [1.82, 2.24) is 29.9 Å². The highest BCUT2D eigenvalue weighted by molar-refractivity contribution is 6.00. The molecule has 1 aliphatic heterocycles. The predicted molar refractivity (Wildman–Crippen MR) is 97.0 cm³/mol. The normalized spacial score (nSPS) is 16.6. The van der Waals surface area contributed by atoms with Crippen LogP contribution < -0.4 is 10.2 Å². The van der Waals surface area contributed by atoms with Gasteiger partial charge in [0, 0.05) is 19.7 Å². The molecule has 2 aromatic heterocycles. The van der Waals surface area contributed by atoms with E-state index in [2.05, 4.69) is 20.5 Å². The minimum Gasteiger partial charge on any atom is -0.337 e. The van der Waals surface area contributed by atoms with Crippen molar-refractivity contribution in [3.8, 4) is 0 Å². The number of nitrogens with one attached hydrogen (secondary N) is 1. The number of aromatic nitrogens is 5. The van der Waals surface area contributed by atoms with Gasteiger partial charge in [0.2, 0.25) is 5.82 Å². The van der Waals surface area contributed by atoms with E-state index in [4.69, 9.17) is 0 Å². The van der Waals surface area contributed by atoms with Crippen LogP contribution in [0.5, 0.6) is 0 Å². The number of fused-ring (bicyclic) bond motifs is 1. The Morgan fingerprint density at radius 2 is 2.07 bits per heavy atom. The third kappa shape index (κ3) is 3.48. The summed E-state index contributed by atoms with van der Waals surface area (Å²) in [4.78, 5) is 30.6. The zero-order valence-corrected chi connectivity index (χ0v) is 15.1. The number of aryl methyl sites for hydroxylation is 1. The Balaban J connectivity index is 1.42. The van der Waals surface area contributed by atoms with Crippen molar-refractivity contribution in [3.05, 3.63) is 60.1 Å². The molecule has 10 heteroatoms. The number of carbonyl (C=O) groups is 2. The molecule has 1 aromatic carbocycles. The summed E-state index contributed by atoms with van der Waals surface area (Å²) in [5.74, 6) is -0.409. The van der Waals surface area contributed by atoms with Crippen molar-refractivity contribution in [2.75, 3.05) is 11.9 Å². The van der Waals surface area contributed by atoms with Gasteiger partial charge in [0.05, 0.1) is 12.7 Å². The minimum absolute atomic E-state index is 0.0282. The Hall–Kier alpha value is -3.56. The number of nitrogens with zero attached hydrogens (tertiary/aromatic N) is 6. The molecule has 3 heterocycles. The molecule has 1 aliphatic rings. The van der Waals surface area contributed by atoms with E-state index in [1.165, 1.54) is 28.0 Å². The van der Waals surface area contributed by atoms with Crippen LogP contribution in [0.4, 0.5) is 10.2 Å². The minimum atomic E-state index is -0.691. The molecule has 2 amide bonds. The molecule has 0 bridgehead atoms. The van der Waals surface area contributed by atoms with Crippen LogP contribution in [0.3, 0.4) is 0 Å². The van der Waals surface area contributed by atoms with E-state index in [0.29, 0.717) is 25.3 Å². The van der Waals surface area contributed by atoms with Crippen molar-refractivity contribution in [2.45, 2.75) is 25.6 Å². The molecule has 9 nitrogen and oxygen atoms in total. The second-order valence-electron chi connectivity index (χ2n) is 6.52. The van der Waals surface area contributed by atoms with E-state index in [0.717, 1.165) is 5.56 Å². The van der Waals surface area contributed by atoms with Crippen LogP contribution in [-0.2, 0) is 17.9 Å². The van der Waals surface area contributed by atoms with Crippen LogP contribution >= 0.6 is 0 Å². The molecular weight excluding hydrogens is 365 g/mol. The number of halogens is 1. The number of amides is 2. The van der Waals surface area contributed by atoms with E-state index < -0.39 is 11.9 Å². The summed E-state index contributed by atoms with van der Waals surface area (Å²) in [6.07, 6.45) is 3.48. The van der Waals surface area contributed by atoms with Crippen molar-refractivity contribution in [1.29, 1.82) is 0 Å². The van der Waals surface area contributed by atoms with Gasteiger partial charge in [0.15, 0.2) is 0 Å². The lowest BCUT2D eigenvalue weighted by Gasteiger charge is -2.19. The zero-order valence-electron chi connectivity index (χ0n) is 15.1. The maximum absolute atomic E-state index is 13.0. The number of carbonyl (C=O) groups excluding carboxylic acids is 2. The summed E-state index contributed by atoms with van der Waals surface area (Å²) in [6.45, 7) is 0.864. The molecular formula is C18H18FN7O2. The Bertz CT molecular complexity index is 1010. The monoisotopic (exact) mass is 383 g/mol. The molecule has 0 saturated carbocycles. The van der Waals surface area contributed by atoms with Gasteiger partial charge in [-0.1, -0.05) is 12.1 Å². The topological polar surface area (TPSA) is 97.9 Å². The lowest BCUT2D eigenvalue weighted by Crippen LogP contribution is -2.47. The summed E-state index contributed by atoms with van der Waals surface area (Å²) in [7, 11) is 1.65. The highest BCUT2D eigenvalue weighted by atomic mass is 19.1. The summed E-state index contributed by atoms with van der Waals surface area (Å²) < 4.78 is 16.2. The first kappa shape index (κ1) is 17.8. The molecule has 0 fully saturated rings. The Morgan fingerprint density at radius 3 is 2.86 bits per heavy atom. The maximum Gasteiger partial charge on any atom is 0.291 e. The summed E-state index contributed by atoms with van der Waals surface area (Å²) in [6, 6.07) is 7.06. The van der Waals surface area contributed by atoms with E-state index in [1.807, 2.05) is 0 Å². The van der Waals surface area contributed by atoms with Gasteiger partial charge in [0.1, 0.15) is 24.0 Å². The molecule has 1 unspecified atom stereocenters. The van der Waals surface area contributed by atoms with Crippen LogP contribution in [0.1, 0.15) is 22.6 Å². The third-order valence-corrected chi connectivity index (χ3v) is 4.60. The zero-order chi connectivity index (χ0) is 19.7. The van der Waals surface area contributed by atoms with Crippen LogP contribution in [0.2, 0.25) is 0 Å². The fourth-order valence-corrected chi connectivity index (χ4v) is 3.11. The van der Waals surface area contributed by atoms with Gasteiger partial charge < -0.3 is 5.32 Å². The molecule has 0 saturated heterocycles. The summed E-state index contributed by atoms with van der Waals surface area (Å²) in [5, 5.41) is 11.0. The second-order valence-corrected chi connectivity index (χ2v) is 6.52. The number of benzene rings is 1. The van der Waals surface area contributed by atoms with E-state index in [9.17, 15) is 14.0 Å². The fraction of sp³-hybridized carbons (Fsp3) is 0.278. The molecule has 4 rings (SSSR count). The van der Waals surface area contributed by atoms with Crippen LogP contribution in [0.15, 0.2) is 42.9 Å². The van der Waals surface area contributed by atoms with Crippen LogP contribution in [0, 0.1) is 5.82 Å². The molecule has 0 spiro atoms. The smallest absolute Gasteiger partial charge is 0.291 e. The first-order valence-electron chi connectivity index (χ1n) is 8.75. The molecule has 1 N–H and O–H groups in total. The second kappa shape index (κ2) is 7.22. The van der Waals surface area contributed by atoms with Gasteiger partial charge in [-0.3, -0.25) is 14.5 Å². The average molecular weight is 383 g/mol. The van der Waals surface area contributed by atoms with E-state index >= 15 is 0 Å². The highest BCUT2D eigenvalue weighted by Gasteiger charge is 2.30. The van der Waals surface area contributed by atoms with E-state index in [1.54, 1.807) is 36.1 Å². The first-order chi connectivity index (χ1) is 13.5. The van der Waals surface area contributed by atoms with Crippen molar-refractivity contribution < 1.29 is 14.0 Å². The highest BCUT2D eigenvalue weighted by Crippen LogP contribution is 2.18. The first-order valence-corrected chi connectivity index (χ1v) is 8.75. The molecule has 0 radical (unpaired) electrons. The van der Waals surface area contributed by atoms with Gasteiger partial charge in [-0.2, -0.15) is 5.10 Å². The Kier molecular flexibility index (Phi) is 4.60. The number of hydrogen-bond acceptors (Lipinski definition) is 5. The van der Waals surface area contributed by atoms with Crippen molar-refractivity contribution in [3.63, 3.8) is 0 Å². The number of rotatable bonds is 4. The fourth-order valence-electron chi connectivity index (χ4n) is 3.11. The Labute approximate surface area is 159 Å². The average Bonchev–Trinajstić information content (AvgIpc) is 3.33. The lowest BCUT2D eigenvalue weighted by molar-refractivity contribution is -0.120. The largest absolute Gasteiger partial charge is 0.337 e. The SMILES string of the molecule is CN1C(=O)C(NC(=O)c2ncn(Cc3ccc(F)cc3)n2)CCn2nccc21. The number of likely N-dealkylation sites (N-methyl/N-ethyl adjacent to an activating group) is 1. The van der Waals surface area contributed by atoms with Crippen LogP contribution in [0.25, 0.3) is 0 Å². The third-order valence-electron chi connectivity index (χ3n) is 4.60. The Morgan fingerprint density at radius 1 is 1.29 bits per heavy atom. The van der Waals surface area contributed by atoms with Crippen LogP contribution in [-0.4, -0.2) is 49.4 Å². The maximum atomic E-state index is 13.0. The molecule has 0 aliphatic carbocycles. The summed E-state index contributed by atoms with van der Waals surface area (Å²) >= 11 is 0.